The van der Waals surface area contributed by atoms with Gasteiger partial charge in [-0.1, -0.05) is 30.5 Å². The van der Waals surface area contributed by atoms with E-state index in [0.29, 0.717) is 5.02 Å². The zero-order valence-corrected chi connectivity index (χ0v) is 12.9. The molecule has 18 heavy (non-hydrogen) atoms. The summed E-state index contributed by atoms with van der Waals surface area (Å²) in [5, 5.41) is 2.93. The summed E-state index contributed by atoms with van der Waals surface area (Å²) in [5.74, 6) is -0.127. The molecule has 1 aliphatic rings. The number of alkyl halides is 1. The predicted molar refractivity (Wildman–Crippen MR) is 78.1 cm³/mol. The van der Waals surface area contributed by atoms with Crippen LogP contribution >= 0.6 is 39.1 Å². The van der Waals surface area contributed by atoms with Crippen molar-refractivity contribution in [2.45, 2.75) is 37.1 Å². The van der Waals surface area contributed by atoms with Crippen molar-refractivity contribution in [3.8, 4) is 0 Å². The minimum absolute atomic E-state index is 0.127. The van der Waals surface area contributed by atoms with Crippen molar-refractivity contribution < 1.29 is 4.79 Å². The second-order valence-corrected chi connectivity index (χ2v) is 6.22. The number of carbonyl (C=O) groups is 1. The first-order valence-electron chi connectivity index (χ1n) is 5.97. The molecule has 1 aromatic carbocycles. The van der Waals surface area contributed by atoms with Crippen molar-refractivity contribution in [1.29, 1.82) is 0 Å². The molecule has 0 bridgehead atoms. The molecular weight excluding hydrogens is 337 g/mol. The quantitative estimate of drug-likeness (QED) is 0.802. The summed E-state index contributed by atoms with van der Waals surface area (Å²) >= 11 is 15.4. The Morgan fingerprint density at radius 3 is 2.67 bits per heavy atom. The lowest BCUT2D eigenvalue weighted by Gasteiger charge is -2.16. The minimum Gasteiger partial charge on any atom is -0.352 e. The van der Waals surface area contributed by atoms with Gasteiger partial charge in [-0.05, 0) is 46.5 Å². The third kappa shape index (κ3) is 3.40. The molecule has 0 radical (unpaired) electrons. The number of hydrogen-bond donors (Lipinski definition) is 1. The van der Waals surface area contributed by atoms with Crippen LogP contribution in [0.25, 0.3) is 0 Å². The average molecular weight is 351 g/mol. The van der Waals surface area contributed by atoms with Gasteiger partial charge in [-0.2, -0.15) is 0 Å². The van der Waals surface area contributed by atoms with Gasteiger partial charge in [0, 0.05) is 10.5 Å². The topological polar surface area (TPSA) is 29.1 Å². The maximum atomic E-state index is 12.0. The smallest absolute Gasteiger partial charge is 0.242 e. The molecule has 1 aromatic rings. The zero-order valence-electron chi connectivity index (χ0n) is 9.76. The number of benzene rings is 1. The average Bonchev–Trinajstić information content (AvgIpc) is 2.84. The number of hydrogen-bond acceptors (Lipinski definition) is 1. The highest BCUT2D eigenvalue weighted by atomic mass is 79.9. The van der Waals surface area contributed by atoms with Crippen molar-refractivity contribution in [2.75, 3.05) is 0 Å². The van der Waals surface area contributed by atoms with Gasteiger partial charge < -0.3 is 5.32 Å². The molecule has 1 aliphatic carbocycles. The highest BCUT2D eigenvalue weighted by Gasteiger charge is 2.23. The number of halogens is 3. The van der Waals surface area contributed by atoms with Gasteiger partial charge in [0.05, 0.1) is 5.02 Å². The van der Waals surface area contributed by atoms with Crippen LogP contribution in [-0.2, 0) is 4.79 Å². The Morgan fingerprint density at radius 1 is 1.39 bits per heavy atom. The van der Waals surface area contributed by atoms with E-state index < -0.39 is 5.38 Å². The first-order valence-corrected chi connectivity index (χ1v) is 7.58. The molecule has 2 rings (SSSR count). The second kappa shape index (κ2) is 6.27. The number of nitrogens with one attached hydrogen (secondary N) is 1. The third-order valence-corrected chi connectivity index (χ3v) is 4.83. The van der Waals surface area contributed by atoms with E-state index >= 15 is 0 Å². The fourth-order valence-corrected chi connectivity index (χ4v) is 2.88. The largest absolute Gasteiger partial charge is 0.352 e. The minimum atomic E-state index is -0.667. The van der Waals surface area contributed by atoms with Crippen LogP contribution in [-0.4, -0.2) is 11.9 Å². The molecule has 1 amide bonds. The standard InChI is InChI=1S/C13H14BrCl2NO/c14-10-7-8(5-6-11(10)15)12(16)13(18)17-9-3-1-2-4-9/h5-7,9,12H,1-4H2,(H,17,18). The fourth-order valence-electron chi connectivity index (χ4n) is 2.17. The van der Waals surface area contributed by atoms with Crippen LogP contribution in [0, 0.1) is 0 Å². The van der Waals surface area contributed by atoms with Gasteiger partial charge in [0.1, 0.15) is 5.38 Å². The van der Waals surface area contributed by atoms with Crippen LogP contribution in [0.3, 0.4) is 0 Å². The van der Waals surface area contributed by atoms with Gasteiger partial charge >= 0.3 is 0 Å². The Morgan fingerprint density at radius 2 is 2.06 bits per heavy atom. The molecule has 98 valence electrons. The van der Waals surface area contributed by atoms with Gasteiger partial charge in [-0.25, -0.2) is 0 Å². The molecule has 2 nitrogen and oxygen atoms in total. The molecule has 5 heteroatoms. The maximum absolute atomic E-state index is 12.0. The molecule has 0 saturated heterocycles. The first-order chi connectivity index (χ1) is 8.58. The molecule has 0 aromatic heterocycles. The summed E-state index contributed by atoms with van der Waals surface area (Å²) in [7, 11) is 0. The summed E-state index contributed by atoms with van der Waals surface area (Å²) in [6, 6.07) is 5.58. The van der Waals surface area contributed by atoms with Crippen LogP contribution in [0.1, 0.15) is 36.6 Å². The Hall–Kier alpha value is -0.250. The molecule has 0 spiro atoms. The summed E-state index contributed by atoms with van der Waals surface area (Å²) in [5.41, 5.74) is 0.753. The third-order valence-electron chi connectivity index (χ3n) is 3.17. The van der Waals surface area contributed by atoms with Crippen molar-refractivity contribution in [3.63, 3.8) is 0 Å². The van der Waals surface area contributed by atoms with E-state index in [-0.39, 0.29) is 11.9 Å². The van der Waals surface area contributed by atoms with Crippen molar-refractivity contribution in [1.82, 2.24) is 5.32 Å². The molecule has 1 atom stereocenters. The van der Waals surface area contributed by atoms with Crippen LogP contribution < -0.4 is 5.32 Å². The fraction of sp³-hybridized carbons (Fsp3) is 0.462. The van der Waals surface area contributed by atoms with E-state index in [4.69, 9.17) is 23.2 Å². The highest BCUT2D eigenvalue weighted by molar-refractivity contribution is 9.10. The molecule has 1 fully saturated rings. The number of carbonyl (C=O) groups excluding carboxylic acids is 1. The Balaban J connectivity index is 2.02. The SMILES string of the molecule is O=C(NC1CCCC1)C(Cl)c1ccc(Cl)c(Br)c1. The summed E-state index contributed by atoms with van der Waals surface area (Å²) in [6.45, 7) is 0. The van der Waals surface area contributed by atoms with E-state index in [1.54, 1.807) is 18.2 Å². The number of rotatable bonds is 3. The molecule has 1 N–H and O–H groups in total. The van der Waals surface area contributed by atoms with E-state index in [2.05, 4.69) is 21.2 Å². The predicted octanol–water partition coefficient (Wildman–Crippen LogP) is 4.44. The second-order valence-electron chi connectivity index (χ2n) is 4.53. The molecule has 0 aliphatic heterocycles. The monoisotopic (exact) mass is 349 g/mol. The molecule has 1 unspecified atom stereocenters. The van der Waals surface area contributed by atoms with Crippen LogP contribution in [0.5, 0.6) is 0 Å². The van der Waals surface area contributed by atoms with Crippen molar-refractivity contribution >= 4 is 45.0 Å². The Labute approximate surface area is 125 Å². The first kappa shape index (κ1) is 14.2. The Bertz CT molecular complexity index is 447. The normalized spacial score (nSPS) is 17.7. The van der Waals surface area contributed by atoms with Crippen molar-refractivity contribution in [3.05, 3.63) is 33.3 Å². The lowest BCUT2D eigenvalue weighted by molar-refractivity contribution is -0.121. The van der Waals surface area contributed by atoms with E-state index in [9.17, 15) is 4.79 Å². The molecule has 0 heterocycles. The van der Waals surface area contributed by atoms with E-state index in [1.165, 1.54) is 12.8 Å². The van der Waals surface area contributed by atoms with Gasteiger partial charge in [0.15, 0.2) is 0 Å². The van der Waals surface area contributed by atoms with Crippen LogP contribution in [0.2, 0.25) is 5.02 Å². The lowest BCUT2D eigenvalue weighted by Crippen LogP contribution is -2.34. The lowest BCUT2D eigenvalue weighted by atomic mass is 10.1. The highest BCUT2D eigenvalue weighted by Crippen LogP contribution is 2.29. The molecule has 1 saturated carbocycles. The summed E-state index contributed by atoms with van der Waals surface area (Å²) in [6.07, 6.45) is 4.48. The van der Waals surface area contributed by atoms with Gasteiger partial charge in [-0.15, -0.1) is 11.6 Å². The van der Waals surface area contributed by atoms with Gasteiger partial charge in [-0.3, -0.25) is 4.79 Å². The zero-order chi connectivity index (χ0) is 13.1. The maximum Gasteiger partial charge on any atom is 0.242 e. The summed E-state index contributed by atoms with van der Waals surface area (Å²) in [4.78, 5) is 12.0. The van der Waals surface area contributed by atoms with Crippen LogP contribution in [0.4, 0.5) is 0 Å². The van der Waals surface area contributed by atoms with E-state index in [0.717, 1.165) is 22.9 Å². The van der Waals surface area contributed by atoms with Gasteiger partial charge in [0.25, 0.3) is 0 Å². The van der Waals surface area contributed by atoms with Crippen molar-refractivity contribution in [2.24, 2.45) is 0 Å². The van der Waals surface area contributed by atoms with E-state index in [1.807, 2.05) is 0 Å². The Kier molecular flexibility index (Phi) is 4.93. The number of amides is 1. The van der Waals surface area contributed by atoms with Crippen LogP contribution in [0.15, 0.2) is 22.7 Å². The summed E-state index contributed by atoms with van der Waals surface area (Å²) < 4.78 is 0.751. The molecular formula is C13H14BrCl2NO. The van der Waals surface area contributed by atoms with Gasteiger partial charge in [0.2, 0.25) is 5.91 Å².